The molecular formula is C9H9FNO4S-. The van der Waals surface area contributed by atoms with E-state index in [1.807, 2.05) is 6.07 Å². The van der Waals surface area contributed by atoms with Gasteiger partial charge in [0.05, 0.1) is 11.3 Å². The average molecular weight is 246 g/mol. The van der Waals surface area contributed by atoms with E-state index in [2.05, 4.69) is 4.94 Å². The predicted octanol–water partition coefficient (Wildman–Crippen LogP) is 1.35. The minimum Gasteiger partial charge on any atom is -0.755 e. The number of rotatable bonds is 4. The van der Waals surface area contributed by atoms with Gasteiger partial charge in [-0.05, 0) is 12.0 Å². The van der Waals surface area contributed by atoms with E-state index in [1.54, 1.807) is 24.3 Å². The van der Waals surface area contributed by atoms with Crippen LogP contribution in [0.2, 0.25) is 0 Å². The number of carbonyl (C=O) groups excluding carboxylic acids is 1. The van der Waals surface area contributed by atoms with E-state index in [9.17, 15) is 18.1 Å². The van der Waals surface area contributed by atoms with Crippen LogP contribution >= 0.6 is 0 Å². The molecule has 0 heterocycles. The molecule has 88 valence electrons. The van der Waals surface area contributed by atoms with Crippen molar-refractivity contribution < 1.29 is 23.0 Å². The fourth-order valence-corrected chi connectivity index (χ4v) is 1.53. The number of nitrogens with zero attached hydrogens (tertiary/aromatic N) is 1. The van der Waals surface area contributed by atoms with E-state index in [1.165, 1.54) is 0 Å². The van der Waals surface area contributed by atoms with Crippen molar-refractivity contribution in [2.75, 3.05) is 6.54 Å². The van der Waals surface area contributed by atoms with E-state index >= 15 is 0 Å². The van der Waals surface area contributed by atoms with Gasteiger partial charge in [0.1, 0.15) is 0 Å². The van der Waals surface area contributed by atoms with Gasteiger partial charge < -0.3 is 4.55 Å². The molecule has 1 rings (SSSR count). The monoisotopic (exact) mass is 246 g/mol. The fraction of sp³-hybridized carbons (Fsp3) is 0.222. The van der Waals surface area contributed by atoms with Crippen LogP contribution in [0.1, 0.15) is 5.56 Å². The summed E-state index contributed by atoms with van der Waals surface area (Å²) in [5, 5.41) is 0. The molecule has 5 nitrogen and oxygen atoms in total. The molecule has 0 N–H and O–H groups in total. The standard InChI is InChI=1S/C9H10FNO4S/c10-15-9(12)11(16(13)14)7-6-8-4-2-1-3-5-8/h1-5H,6-7H2,(H,13,14)/p-1. The zero-order chi connectivity index (χ0) is 12.0. The van der Waals surface area contributed by atoms with Crippen molar-refractivity contribution in [3.05, 3.63) is 35.9 Å². The molecule has 0 aromatic heterocycles. The number of carbonyl (C=O) groups is 1. The second kappa shape index (κ2) is 6.19. The van der Waals surface area contributed by atoms with Gasteiger partial charge in [-0.15, -0.1) is 0 Å². The summed E-state index contributed by atoms with van der Waals surface area (Å²) in [5.74, 6) is 0. The van der Waals surface area contributed by atoms with E-state index in [4.69, 9.17) is 0 Å². The second-order valence-electron chi connectivity index (χ2n) is 2.90. The van der Waals surface area contributed by atoms with Crippen LogP contribution in [0.4, 0.5) is 9.32 Å². The van der Waals surface area contributed by atoms with Gasteiger partial charge in [-0.2, -0.15) is 0 Å². The van der Waals surface area contributed by atoms with Gasteiger partial charge in [-0.1, -0.05) is 30.3 Å². The summed E-state index contributed by atoms with van der Waals surface area (Å²) in [7, 11) is 0. The molecule has 1 aromatic carbocycles. The molecule has 16 heavy (non-hydrogen) atoms. The highest BCUT2D eigenvalue weighted by Crippen LogP contribution is 2.04. The molecule has 0 radical (unpaired) electrons. The Bertz CT molecular complexity index is 373. The number of hydrogen-bond acceptors (Lipinski definition) is 4. The van der Waals surface area contributed by atoms with Crippen LogP contribution in [0.5, 0.6) is 0 Å². The first-order valence-electron chi connectivity index (χ1n) is 4.38. The van der Waals surface area contributed by atoms with Gasteiger partial charge >= 0.3 is 6.09 Å². The van der Waals surface area contributed by atoms with E-state index < -0.39 is 17.4 Å². The molecular weight excluding hydrogens is 237 g/mol. The number of benzene rings is 1. The molecule has 0 aliphatic heterocycles. The molecule has 7 heteroatoms. The molecule has 1 aromatic rings. The molecule has 0 aliphatic carbocycles. The SMILES string of the molecule is O=C(OF)N(CCc1ccccc1)S(=O)[O-]. The topological polar surface area (TPSA) is 69.7 Å². The summed E-state index contributed by atoms with van der Waals surface area (Å²) in [6, 6.07) is 8.91. The van der Waals surface area contributed by atoms with Crippen molar-refractivity contribution in [1.82, 2.24) is 4.31 Å². The molecule has 1 amide bonds. The lowest BCUT2D eigenvalue weighted by atomic mass is 10.1. The van der Waals surface area contributed by atoms with Crippen molar-refractivity contribution in [2.24, 2.45) is 0 Å². The third-order valence-electron chi connectivity index (χ3n) is 1.90. The minimum absolute atomic E-state index is 0.164. The first-order chi connectivity index (χ1) is 7.65. The maximum Gasteiger partial charge on any atom is 0.458 e. The van der Waals surface area contributed by atoms with E-state index in [0.717, 1.165) is 5.56 Å². The van der Waals surface area contributed by atoms with Crippen LogP contribution in [0.3, 0.4) is 0 Å². The molecule has 0 bridgehead atoms. The smallest absolute Gasteiger partial charge is 0.458 e. The molecule has 0 aliphatic rings. The molecule has 0 saturated heterocycles. The van der Waals surface area contributed by atoms with Crippen LogP contribution in [-0.2, 0) is 22.6 Å². The van der Waals surface area contributed by atoms with Crippen molar-refractivity contribution >= 4 is 17.4 Å². The number of amides is 1. The normalized spacial score (nSPS) is 11.9. The Labute approximate surface area is 94.1 Å². The van der Waals surface area contributed by atoms with Crippen LogP contribution < -0.4 is 0 Å². The number of hydrogen-bond donors (Lipinski definition) is 0. The average Bonchev–Trinajstić information content (AvgIpc) is 2.30. The lowest BCUT2D eigenvalue weighted by Crippen LogP contribution is -2.33. The summed E-state index contributed by atoms with van der Waals surface area (Å²) < 4.78 is 33.0. The van der Waals surface area contributed by atoms with Gasteiger partial charge in [-0.3, -0.25) is 4.21 Å². The Balaban J connectivity index is 2.57. The Kier molecular flexibility index (Phi) is 4.87. The van der Waals surface area contributed by atoms with Crippen molar-refractivity contribution in [3.8, 4) is 0 Å². The van der Waals surface area contributed by atoms with Crippen LogP contribution in [-0.4, -0.2) is 25.7 Å². The summed E-state index contributed by atoms with van der Waals surface area (Å²) >= 11 is -2.84. The molecule has 0 saturated carbocycles. The maximum atomic E-state index is 11.6. The highest BCUT2D eigenvalue weighted by atomic mass is 32.2. The largest absolute Gasteiger partial charge is 0.755 e. The van der Waals surface area contributed by atoms with Crippen molar-refractivity contribution in [3.63, 3.8) is 0 Å². The quantitative estimate of drug-likeness (QED) is 0.752. The second-order valence-corrected chi connectivity index (χ2v) is 3.77. The first kappa shape index (κ1) is 12.6. The molecule has 0 spiro atoms. The lowest BCUT2D eigenvalue weighted by molar-refractivity contribution is -0.0714. The lowest BCUT2D eigenvalue weighted by Gasteiger charge is -2.20. The van der Waals surface area contributed by atoms with Gasteiger partial charge in [0.2, 0.25) is 0 Å². The zero-order valence-electron chi connectivity index (χ0n) is 8.17. The first-order valence-corrected chi connectivity index (χ1v) is 5.41. The summed E-state index contributed by atoms with van der Waals surface area (Å²) in [5.41, 5.74) is 0.838. The summed E-state index contributed by atoms with van der Waals surface area (Å²) in [4.78, 5) is 13.6. The minimum atomic E-state index is -2.84. The van der Waals surface area contributed by atoms with Gasteiger partial charge in [0, 0.05) is 11.1 Å². The predicted molar refractivity (Wildman–Crippen MR) is 53.4 cm³/mol. The Morgan fingerprint density at radius 1 is 1.44 bits per heavy atom. The third-order valence-corrected chi connectivity index (χ3v) is 2.59. The van der Waals surface area contributed by atoms with Crippen LogP contribution in [0.15, 0.2) is 30.3 Å². The molecule has 0 fully saturated rings. The fourth-order valence-electron chi connectivity index (χ4n) is 1.14. The highest BCUT2D eigenvalue weighted by Gasteiger charge is 2.16. The van der Waals surface area contributed by atoms with Crippen molar-refractivity contribution in [1.29, 1.82) is 0 Å². The van der Waals surface area contributed by atoms with Gasteiger partial charge in [-0.25, -0.2) is 14.0 Å². The van der Waals surface area contributed by atoms with E-state index in [-0.39, 0.29) is 10.8 Å². The molecule has 1 unspecified atom stereocenters. The Hall–Kier alpha value is -1.47. The third kappa shape index (κ3) is 3.59. The summed E-state index contributed by atoms with van der Waals surface area (Å²) in [6.07, 6.45) is -1.24. The van der Waals surface area contributed by atoms with Gasteiger partial charge in [0.15, 0.2) is 0 Å². The van der Waals surface area contributed by atoms with Gasteiger partial charge in [0.25, 0.3) is 0 Å². The van der Waals surface area contributed by atoms with Crippen LogP contribution in [0, 0.1) is 0 Å². The van der Waals surface area contributed by atoms with Crippen LogP contribution in [0.25, 0.3) is 0 Å². The van der Waals surface area contributed by atoms with E-state index in [0.29, 0.717) is 6.42 Å². The van der Waals surface area contributed by atoms with Crippen molar-refractivity contribution in [2.45, 2.75) is 6.42 Å². The zero-order valence-corrected chi connectivity index (χ0v) is 8.98. The molecule has 1 atom stereocenters. The highest BCUT2D eigenvalue weighted by molar-refractivity contribution is 7.77. The Morgan fingerprint density at radius 3 is 2.56 bits per heavy atom. The maximum absolute atomic E-state index is 11.6. The Morgan fingerprint density at radius 2 is 2.06 bits per heavy atom. The summed E-state index contributed by atoms with van der Waals surface area (Å²) in [6.45, 7) is -0.164. The number of halogens is 1.